The highest BCUT2D eigenvalue weighted by Gasteiger charge is 2.22. The Morgan fingerprint density at radius 3 is 2.67 bits per heavy atom. The minimum atomic E-state index is 0.633. The van der Waals surface area contributed by atoms with E-state index >= 15 is 0 Å². The van der Waals surface area contributed by atoms with E-state index in [1.54, 1.807) is 0 Å². The van der Waals surface area contributed by atoms with Gasteiger partial charge in [-0.1, -0.05) is 34.1 Å². The molecule has 2 nitrogen and oxygen atoms in total. The maximum atomic E-state index is 3.55. The predicted octanol–water partition coefficient (Wildman–Crippen LogP) is 2.35. The third-order valence-electron chi connectivity index (χ3n) is 3.45. The van der Waals surface area contributed by atoms with Gasteiger partial charge >= 0.3 is 0 Å². The second kappa shape index (κ2) is 6.49. The third-order valence-corrected chi connectivity index (χ3v) is 3.45. The highest BCUT2D eigenvalue weighted by atomic mass is 15.1. The molecule has 1 rings (SSSR count). The van der Waals surface area contributed by atoms with Gasteiger partial charge in [-0.3, -0.25) is 0 Å². The first kappa shape index (κ1) is 13.0. The predicted molar refractivity (Wildman–Crippen MR) is 67.1 cm³/mol. The molecular formula is C13H28N2. The summed E-state index contributed by atoms with van der Waals surface area (Å²) in [6.45, 7) is 14.2. The van der Waals surface area contributed by atoms with Gasteiger partial charge in [0.05, 0.1) is 0 Å². The summed E-state index contributed by atoms with van der Waals surface area (Å²) in [5.41, 5.74) is 0. The normalized spacial score (nSPS) is 25.0. The van der Waals surface area contributed by atoms with Crippen LogP contribution in [0.4, 0.5) is 0 Å². The summed E-state index contributed by atoms with van der Waals surface area (Å²) >= 11 is 0. The van der Waals surface area contributed by atoms with E-state index in [2.05, 4.69) is 37.9 Å². The van der Waals surface area contributed by atoms with Crippen LogP contribution in [-0.2, 0) is 0 Å². The fourth-order valence-corrected chi connectivity index (χ4v) is 2.22. The van der Waals surface area contributed by atoms with E-state index in [-0.39, 0.29) is 0 Å². The van der Waals surface area contributed by atoms with E-state index < -0.39 is 0 Å². The van der Waals surface area contributed by atoms with Gasteiger partial charge in [-0.05, 0) is 31.3 Å². The molecule has 2 atom stereocenters. The van der Waals surface area contributed by atoms with Crippen LogP contribution in [0.5, 0.6) is 0 Å². The molecule has 2 heteroatoms. The van der Waals surface area contributed by atoms with Crippen LogP contribution in [0.25, 0.3) is 0 Å². The van der Waals surface area contributed by atoms with E-state index in [0.717, 1.165) is 11.8 Å². The fraction of sp³-hybridized carbons (Fsp3) is 1.00. The maximum Gasteiger partial charge on any atom is 0.00224 e. The Morgan fingerprint density at radius 1 is 1.33 bits per heavy atom. The second-order valence-corrected chi connectivity index (χ2v) is 5.49. The van der Waals surface area contributed by atoms with Gasteiger partial charge in [0.15, 0.2) is 0 Å². The third kappa shape index (κ3) is 4.98. The van der Waals surface area contributed by atoms with E-state index in [9.17, 15) is 0 Å². The van der Waals surface area contributed by atoms with Crippen LogP contribution in [0.2, 0.25) is 0 Å². The maximum absolute atomic E-state index is 3.55. The molecule has 0 spiro atoms. The summed E-state index contributed by atoms with van der Waals surface area (Å²) < 4.78 is 0. The van der Waals surface area contributed by atoms with E-state index in [0.29, 0.717) is 6.04 Å². The minimum absolute atomic E-state index is 0.633. The van der Waals surface area contributed by atoms with Crippen LogP contribution in [0.3, 0.4) is 0 Å². The molecule has 1 saturated heterocycles. The molecule has 2 unspecified atom stereocenters. The topological polar surface area (TPSA) is 15.3 Å². The van der Waals surface area contributed by atoms with Crippen LogP contribution in [-0.4, -0.2) is 37.1 Å². The van der Waals surface area contributed by atoms with Crippen LogP contribution >= 0.6 is 0 Å². The Kier molecular flexibility index (Phi) is 5.62. The Hall–Kier alpha value is -0.0800. The number of likely N-dealkylation sites (tertiary alicyclic amines) is 1. The molecule has 1 aliphatic rings. The Labute approximate surface area is 95.4 Å². The summed E-state index contributed by atoms with van der Waals surface area (Å²) in [7, 11) is 0. The van der Waals surface area contributed by atoms with Crippen LogP contribution < -0.4 is 5.32 Å². The lowest BCUT2D eigenvalue weighted by atomic mass is 10.1. The van der Waals surface area contributed by atoms with E-state index in [1.165, 1.54) is 39.0 Å². The van der Waals surface area contributed by atoms with Gasteiger partial charge in [0.2, 0.25) is 0 Å². The van der Waals surface area contributed by atoms with Gasteiger partial charge in [-0.2, -0.15) is 0 Å². The lowest BCUT2D eigenvalue weighted by Crippen LogP contribution is -2.31. The highest BCUT2D eigenvalue weighted by Crippen LogP contribution is 2.17. The molecule has 1 N–H and O–H groups in total. The molecule has 90 valence electrons. The van der Waals surface area contributed by atoms with Gasteiger partial charge < -0.3 is 10.2 Å². The lowest BCUT2D eigenvalue weighted by Gasteiger charge is -2.20. The molecule has 1 heterocycles. The van der Waals surface area contributed by atoms with Crippen molar-refractivity contribution in [3.05, 3.63) is 0 Å². The number of hydrogen-bond acceptors (Lipinski definition) is 2. The van der Waals surface area contributed by atoms with Crippen molar-refractivity contribution < 1.29 is 0 Å². The number of nitrogens with zero attached hydrogens (tertiary/aromatic N) is 1. The molecule has 1 fully saturated rings. The second-order valence-electron chi connectivity index (χ2n) is 5.49. The van der Waals surface area contributed by atoms with Crippen molar-refractivity contribution in [1.29, 1.82) is 0 Å². The summed E-state index contributed by atoms with van der Waals surface area (Å²) in [5, 5.41) is 3.55. The molecule has 0 aromatic carbocycles. The molecule has 0 bridgehead atoms. The Balaban J connectivity index is 2.15. The molecule has 0 amide bonds. The zero-order chi connectivity index (χ0) is 11.3. The first-order valence-electron chi connectivity index (χ1n) is 6.57. The fourth-order valence-electron chi connectivity index (χ4n) is 2.22. The monoisotopic (exact) mass is 212 g/mol. The van der Waals surface area contributed by atoms with Crippen LogP contribution in [0.15, 0.2) is 0 Å². The largest absolute Gasteiger partial charge is 0.314 e. The molecular weight excluding hydrogens is 184 g/mol. The van der Waals surface area contributed by atoms with E-state index in [4.69, 9.17) is 0 Å². The SMILES string of the molecule is CCC(C)CN1CCC(CNC(C)C)C1. The number of rotatable bonds is 6. The molecule has 0 radical (unpaired) electrons. The van der Waals surface area contributed by atoms with Gasteiger partial charge in [0.25, 0.3) is 0 Å². The smallest absolute Gasteiger partial charge is 0.00224 e. The quantitative estimate of drug-likeness (QED) is 0.727. The van der Waals surface area contributed by atoms with Crippen LogP contribution in [0.1, 0.15) is 40.5 Å². The standard InChI is InChI=1S/C13H28N2/c1-5-12(4)9-15-7-6-13(10-15)8-14-11(2)3/h11-14H,5-10H2,1-4H3. The minimum Gasteiger partial charge on any atom is -0.314 e. The lowest BCUT2D eigenvalue weighted by molar-refractivity contribution is 0.272. The number of hydrogen-bond donors (Lipinski definition) is 1. The van der Waals surface area contributed by atoms with Crippen molar-refractivity contribution >= 4 is 0 Å². The van der Waals surface area contributed by atoms with Gasteiger partial charge in [0, 0.05) is 19.1 Å². The molecule has 0 aromatic rings. The van der Waals surface area contributed by atoms with Crippen molar-refractivity contribution in [2.24, 2.45) is 11.8 Å². The summed E-state index contributed by atoms with van der Waals surface area (Å²) in [6.07, 6.45) is 2.70. The molecule has 0 aromatic heterocycles. The van der Waals surface area contributed by atoms with Crippen molar-refractivity contribution in [3.8, 4) is 0 Å². The zero-order valence-electron chi connectivity index (χ0n) is 10.9. The first-order chi connectivity index (χ1) is 7.11. The molecule has 1 aliphatic heterocycles. The molecule has 0 aliphatic carbocycles. The van der Waals surface area contributed by atoms with Gasteiger partial charge in [-0.25, -0.2) is 0 Å². The summed E-state index contributed by atoms with van der Waals surface area (Å²) in [6, 6.07) is 0.633. The average Bonchev–Trinajstić information content (AvgIpc) is 2.62. The van der Waals surface area contributed by atoms with E-state index in [1.807, 2.05) is 0 Å². The van der Waals surface area contributed by atoms with Crippen LogP contribution in [0, 0.1) is 11.8 Å². The van der Waals surface area contributed by atoms with Gasteiger partial charge in [-0.15, -0.1) is 0 Å². The molecule has 15 heavy (non-hydrogen) atoms. The van der Waals surface area contributed by atoms with Crippen molar-refractivity contribution in [3.63, 3.8) is 0 Å². The summed E-state index contributed by atoms with van der Waals surface area (Å²) in [4.78, 5) is 2.64. The molecule has 0 saturated carbocycles. The zero-order valence-corrected chi connectivity index (χ0v) is 10.9. The Morgan fingerprint density at radius 2 is 2.07 bits per heavy atom. The average molecular weight is 212 g/mol. The highest BCUT2D eigenvalue weighted by molar-refractivity contribution is 4.78. The van der Waals surface area contributed by atoms with Crippen molar-refractivity contribution in [2.45, 2.75) is 46.6 Å². The summed E-state index contributed by atoms with van der Waals surface area (Å²) in [5.74, 6) is 1.75. The number of nitrogens with one attached hydrogen (secondary N) is 1. The Bertz CT molecular complexity index is 168. The first-order valence-corrected chi connectivity index (χ1v) is 6.57. The van der Waals surface area contributed by atoms with Gasteiger partial charge in [0.1, 0.15) is 0 Å². The van der Waals surface area contributed by atoms with Crippen molar-refractivity contribution in [1.82, 2.24) is 10.2 Å². The van der Waals surface area contributed by atoms with Crippen molar-refractivity contribution in [2.75, 3.05) is 26.2 Å².